The molecule has 0 bridgehead atoms. The van der Waals surface area contributed by atoms with Crippen LogP contribution in [0.1, 0.15) is 18.1 Å². The van der Waals surface area contributed by atoms with Gasteiger partial charge in [-0.2, -0.15) is 16.8 Å². The highest BCUT2D eigenvalue weighted by atomic mass is 35.5. The average molecular weight is 540 g/mol. The lowest BCUT2D eigenvalue weighted by Crippen LogP contribution is -2.16. The SMILES string of the molecule is CCSC(=N)Nc1ccc(CCNCc2cccc(Cl)c2)cc1.CS(=O)(=O)O.CS(=O)(=O)O. The number of nitrogens with one attached hydrogen (secondary N) is 3. The molecule has 186 valence electrons. The zero-order chi connectivity index (χ0) is 25.5. The van der Waals surface area contributed by atoms with Crippen LogP contribution in [0.3, 0.4) is 0 Å². The van der Waals surface area contributed by atoms with Crippen molar-refractivity contribution in [3.8, 4) is 0 Å². The van der Waals surface area contributed by atoms with E-state index in [2.05, 4.69) is 28.8 Å². The van der Waals surface area contributed by atoms with Crippen molar-refractivity contribution < 1.29 is 25.9 Å². The van der Waals surface area contributed by atoms with Gasteiger partial charge in [-0.15, -0.1) is 0 Å². The highest BCUT2D eigenvalue weighted by Crippen LogP contribution is 2.13. The Morgan fingerprint density at radius 1 is 1.00 bits per heavy atom. The van der Waals surface area contributed by atoms with Crippen LogP contribution in [-0.4, -0.2) is 55.9 Å². The van der Waals surface area contributed by atoms with Crippen molar-refractivity contribution >= 4 is 54.5 Å². The molecule has 0 spiro atoms. The molecular weight excluding hydrogens is 510 g/mol. The summed E-state index contributed by atoms with van der Waals surface area (Å²) < 4.78 is 51.7. The molecule has 0 atom stereocenters. The van der Waals surface area contributed by atoms with Gasteiger partial charge < -0.3 is 10.6 Å². The standard InChI is InChI=1S/C18H22ClN3S.2CH4O3S/c1-2-23-18(20)22-17-8-6-14(7-9-17)10-11-21-13-15-4-3-5-16(19)12-15;2*1-5(2,3)4/h3-9,12,21H,2,10-11,13H2,1H3,(H2,20,22);2*1H3,(H,2,3,4). The highest BCUT2D eigenvalue weighted by Gasteiger charge is 1.99. The smallest absolute Gasteiger partial charge is 0.261 e. The molecule has 2 rings (SSSR count). The van der Waals surface area contributed by atoms with Crippen LogP contribution in [-0.2, 0) is 33.2 Å². The number of hydrogen-bond acceptors (Lipinski definition) is 7. The Morgan fingerprint density at radius 3 is 2.03 bits per heavy atom. The van der Waals surface area contributed by atoms with E-state index >= 15 is 0 Å². The first kappa shape index (κ1) is 31.3. The van der Waals surface area contributed by atoms with Crippen LogP contribution >= 0.6 is 23.4 Å². The largest absolute Gasteiger partial charge is 0.335 e. The fourth-order valence-corrected chi connectivity index (χ4v) is 2.87. The van der Waals surface area contributed by atoms with Gasteiger partial charge in [-0.05, 0) is 54.1 Å². The van der Waals surface area contributed by atoms with Crippen LogP contribution in [0.2, 0.25) is 5.02 Å². The molecule has 2 aromatic rings. The Labute approximate surface area is 205 Å². The number of thioether (sulfide) groups is 1. The summed E-state index contributed by atoms with van der Waals surface area (Å²) in [4.78, 5) is 0. The fraction of sp³-hybridized carbons (Fsp3) is 0.350. The van der Waals surface area contributed by atoms with Crippen molar-refractivity contribution in [2.24, 2.45) is 0 Å². The van der Waals surface area contributed by atoms with Gasteiger partial charge in [0, 0.05) is 17.3 Å². The third-order valence-corrected chi connectivity index (χ3v) is 4.22. The van der Waals surface area contributed by atoms with Gasteiger partial charge >= 0.3 is 0 Å². The van der Waals surface area contributed by atoms with Crippen molar-refractivity contribution in [3.05, 3.63) is 64.7 Å². The molecule has 0 aliphatic heterocycles. The summed E-state index contributed by atoms with van der Waals surface area (Å²) >= 11 is 7.47. The Kier molecular flexibility index (Phi) is 15.2. The third kappa shape index (κ3) is 23.3. The number of benzene rings is 2. The summed E-state index contributed by atoms with van der Waals surface area (Å²) in [5, 5.41) is 15.5. The van der Waals surface area contributed by atoms with Gasteiger partial charge in [0.2, 0.25) is 0 Å². The first-order chi connectivity index (χ1) is 15.2. The minimum absolute atomic E-state index is 0.489. The summed E-state index contributed by atoms with van der Waals surface area (Å²) in [5.41, 5.74) is 3.44. The van der Waals surface area contributed by atoms with Gasteiger partial charge in [-0.1, -0.05) is 54.6 Å². The van der Waals surface area contributed by atoms with Crippen LogP contribution in [0.4, 0.5) is 5.69 Å². The molecule has 0 saturated carbocycles. The molecule has 0 saturated heterocycles. The summed E-state index contributed by atoms with van der Waals surface area (Å²) in [6, 6.07) is 16.2. The van der Waals surface area contributed by atoms with Gasteiger partial charge in [-0.3, -0.25) is 14.5 Å². The molecule has 2 aromatic carbocycles. The van der Waals surface area contributed by atoms with Crippen LogP contribution < -0.4 is 10.6 Å². The second-order valence-corrected chi connectivity index (χ2v) is 11.2. The molecule has 0 amide bonds. The maximum absolute atomic E-state index is 9.19. The molecule has 0 fully saturated rings. The van der Waals surface area contributed by atoms with E-state index in [0.717, 1.165) is 36.0 Å². The van der Waals surface area contributed by atoms with Crippen molar-refractivity contribution in [2.45, 2.75) is 19.9 Å². The monoisotopic (exact) mass is 539 g/mol. The Morgan fingerprint density at radius 2 is 1.55 bits per heavy atom. The second kappa shape index (κ2) is 16.0. The lowest BCUT2D eigenvalue weighted by Gasteiger charge is -2.08. The Balaban J connectivity index is 0.000000859. The van der Waals surface area contributed by atoms with E-state index < -0.39 is 20.2 Å². The van der Waals surface area contributed by atoms with Gasteiger partial charge in [-0.25, -0.2) is 0 Å². The highest BCUT2D eigenvalue weighted by molar-refractivity contribution is 8.14. The van der Waals surface area contributed by atoms with Gasteiger partial charge in [0.1, 0.15) is 0 Å². The van der Waals surface area contributed by atoms with Gasteiger partial charge in [0.15, 0.2) is 5.17 Å². The first-order valence-corrected chi connectivity index (χ1v) is 14.6. The van der Waals surface area contributed by atoms with E-state index in [1.165, 1.54) is 22.9 Å². The quantitative estimate of drug-likeness (QED) is 0.153. The number of anilines is 1. The van der Waals surface area contributed by atoms with Crippen LogP contribution in [0.15, 0.2) is 48.5 Å². The molecule has 0 aromatic heterocycles. The van der Waals surface area contributed by atoms with Crippen molar-refractivity contribution in [3.63, 3.8) is 0 Å². The molecule has 13 heteroatoms. The Bertz CT molecular complexity index is 1020. The molecule has 5 N–H and O–H groups in total. The van der Waals surface area contributed by atoms with Crippen LogP contribution in [0.5, 0.6) is 0 Å². The van der Waals surface area contributed by atoms with E-state index in [9.17, 15) is 16.8 Å². The minimum Gasteiger partial charge on any atom is -0.335 e. The topological polar surface area (TPSA) is 157 Å². The lowest BCUT2D eigenvalue weighted by molar-refractivity contribution is 0.488. The van der Waals surface area contributed by atoms with Crippen LogP contribution in [0, 0.1) is 5.41 Å². The summed E-state index contributed by atoms with van der Waals surface area (Å²) in [5.74, 6) is 0.905. The molecule has 0 radical (unpaired) electrons. The first-order valence-electron chi connectivity index (χ1n) is 9.54. The van der Waals surface area contributed by atoms with Crippen molar-refractivity contribution in [1.29, 1.82) is 5.41 Å². The molecule has 9 nitrogen and oxygen atoms in total. The summed E-state index contributed by atoms with van der Waals surface area (Å²) in [6.07, 6.45) is 2.40. The molecular formula is C20H30ClN3O6S3. The van der Waals surface area contributed by atoms with Crippen LogP contribution in [0.25, 0.3) is 0 Å². The molecule has 0 aliphatic rings. The molecule has 0 heterocycles. The molecule has 0 aliphatic carbocycles. The van der Waals surface area contributed by atoms with E-state index in [1.807, 2.05) is 37.3 Å². The van der Waals surface area contributed by atoms with E-state index in [-0.39, 0.29) is 0 Å². The third-order valence-electron chi connectivity index (χ3n) is 3.31. The summed E-state index contributed by atoms with van der Waals surface area (Å²) in [7, 11) is -7.33. The van der Waals surface area contributed by atoms with E-state index in [0.29, 0.717) is 17.7 Å². The second-order valence-electron chi connectivity index (χ2n) is 6.61. The molecule has 0 unspecified atom stereocenters. The summed E-state index contributed by atoms with van der Waals surface area (Å²) in [6.45, 7) is 3.78. The maximum Gasteiger partial charge on any atom is 0.261 e. The fourth-order valence-electron chi connectivity index (χ4n) is 2.18. The number of rotatable bonds is 7. The van der Waals surface area contributed by atoms with Gasteiger partial charge in [0.05, 0.1) is 12.5 Å². The normalized spacial score (nSPS) is 10.8. The predicted octanol–water partition coefficient (Wildman–Crippen LogP) is 3.78. The number of hydrogen-bond donors (Lipinski definition) is 5. The van der Waals surface area contributed by atoms with E-state index in [1.54, 1.807) is 0 Å². The number of halogens is 1. The number of amidine groups is 1. The van der Waals surface area contributed by atoms with E-state index in [4.69, 9.17) is 26.1 Å². The van der Waals surface area contributed by atoms with Crippen molar-refractivity contribution in [1.82, 2.24) is 5.32 Å². The zero-order valence-corrected chi connectivity index (χ0v) is 21.8. The predicted molar refractivity (Wildman–Crippen MR) is 138 cm³/mol. The van der Waals surface area contributed by atoms with Gasteiger partial charge in [0.25, 0.3) is 20.2 Å². The minimum atomic E-state index is -3.67. The zero-order valence-electron chi connectivity index (χ0n) is 18.6. The Hall–Kier alpha value is -1.67. The maximum atomic E-state index is 9.19. The lowest BCUT2D eigenvalue weighted by atomic mass is 10.1. The van der Waals surface area contributed by atoms with Crippen molar-refractivity contribution in [2.75, 3.05) is 30.1 Å². The average Bonchev–Trinajstić information content (AvgIpc) is 2.64. The molecule has 33 heavy (non-hydrogen) atoms.